The third-order valence-electron chi connectivity index (χ3n) is 5.66. The van der Waals surface area contributed by atoms with E-state index in [2.05, 4.69) is 10.6 Å². The Hall–Kier alpha value is -3.01. The molecule has 9 heteroatoms. The standard InChI is InChI=1S/C26H36BN3O5/c1-18(2)15-24(27(34)35)30-26(33)22(17-20-11-7-4-8-12-20)29-25(32)14-13-23(31)21(28)16-19-9-5-3-6-10-19/h3-12,18,21-22,24,34-35H,13-17,28H2,1-2H3,(H,29,32)(H,30,33). The second-order valence-electron chi connectivity index (χ2n) is 9.23. The zero-order valence-electron chi connectivity index (χ0n) is 20.4. The molecular formula is C26H36BN3O5. The van der Waals surface area contributed by atoms with E-state index in [1.54, 1.807) is 0 Å². The number of nitrogens with one attached hydrogen (secondary N) is 2. The monoisotopic (exact) mass is 481 g/mol. The minimum atomic E-state index is -1.72. The highest BCUT2D eigenvalue weighted by atomic mass is 16.4. The first-order chi connectivity index (χ1) is 16.7. The van der Waals surface area contributed by atoms with Crippen LogP contribution < -0.4 is 16.4 Å². The Morgan fingerprint density at radius 1 is 0.857 bits per heavy atom. The van der Waals surface area contributed by atoms with E-state index in [1.807, 2.05) is 74.5 Å². The third kappa shape index (κ3) is 10.4. The summed E-state index contributed by atoms with van der Waals surface area (Å²) < 4.78 is 0. The number of hydrogen-bond acceptors (Lipinski definition) is 6. The van der Waals surface area contributed by atoms with Crippen molar-refractivity contribution in [3.63, 3.8) is 0 Å². The molecule has 35 heavy (non-hydrogen) atoms. The van der Waals surface area contributed by atoms with Crippen molar-refractivity contribution in [2.45, 2.75) is 64.0 Å². The van der Waals surface area contributed by atoms with Crippen LogP contribution in [-0.2, 0) is 27.2 Å². The van der Waals surface area contributed by atoms with Crippen molar-refractivity contribution in [2.24, 2.45) is 11.7 Å². The number of Topliss-reactive ketones (excluding diaryl/α,β-unsaturated/α-hetero) is 1. The molecule has 3 unspecified atom stereocenters. The van der Waals surface area contributed by atoms with Gasteiger partial charge in [0, 0.05) is 19.3 Å². The lowest BCUT2D eigenvalue weighted by molar-refractivity contribution is -0.130. The van der Waals surface area contributed by atoms with Gasteiger partial charge in [0.25, 0.3) is 0 Å². The Labute approximate surface area is 207 Å². The first-order valence-corrected chi connectivity index (χ1v) is 12.0. The van der Waals surface area contributed by atoms with Crippen LogP contribution in [0.25, 0.3) is 0 Å². The molecule has 0 bridgehead atoms. The van der Waals surface area contributed by atoms with E-state index >= 15 is 0 Å². The van der Waals surface area contributed by atoms with E-state index < -0.39 is 37.0 Å². The molecule has 0 saturated heterocycles. The van der Waals surface area contributed by atoms with E-state index in [0.29, 0.717) is 12.8 Å². The molecule has 0 spiro atoms. The van der Waals surface area contributed by atoms with Gasteiger partial charge in [0.1, 0.15) is 11.8 Å². The van der Waals surface area contributed by atoms with Crippen LogP contribution in [-0.4, -0.2) is 52.8 Å². The van der Waals surface area contributed by atoms with E-state index in [-0.39, 0.29) is 31.0 Å². The highest BCUT2D eigenvalue weighted by molar-refractivity contribution is 6.43. The summed E-state index contributed by atoms with van der Waals surface area (Å²) in [5.41, 5.74) is 7.79. The van der Waals surface area contributed by atoms with Gasteiger partial charge in [0.15, 0.2) is 0 Å². The Morgan fingerprint density at radius 3 is 1.91 bits per heavy atom. The van der Waals surface area contributed by atoms with Gasteiger partial charge in [-0.2, -0.15) is 0 Å². The lowest BCUT2D eigenvalue weighted by Gasteiger charge is -2.24. The number of rotatable bonds is 14. The maximum atomic E-state index is 13.0. The van der Waals surface area contributed by atoms with Gasteiger partial charge in [0.05, 0.1) is 12.0 Å². The SMILES string of the molecule is CC(C)CC(NC(=O)C(Cc1ccccc1)NC(=O)CCC(=O)C(N)Cc1ccccc1)B(O)O. The zero-order valence-corrected chi connectivity index (χ0v) is 20.4. The quantitative estimate of drug-likeness (QED) is 0.257. The number of amides is 2. The van der Waals surface area contributed by atoms with Crippen molar-refractivity contribution >= 4 is 24.7 Å². The molecule has 6 N–H and O–H groups in total. The van der Waals surface area contributed by atoms with E-state index in [4.69, 9.17) is 5.73 Å². The number of benzene rings is 2. The minimum Gasteiger partial charge on any atom is -0.426 e. The van der Waals surface area contributed by atoms with Crippen LogP contribution in [0.3, 0.4) is 0 Å². The summed E-state index contributed by atoms with van der Waals surface area (Å²) in [4.78, 5) is 38.1. The van der Waals surface area contributed by atoms with Gasteiger partial charge in [-0.15, -0.1) is 0 Å². The topological polar surface area (TPSA) is 142 Å². The Bertz CT molecular complexity index is 941. The first kappa shape index (κ1) is 28.2. The average molecular weight is 481 g/mol. The summed E-state index contributed by atoms with van der Waals surface area (Å²) in [6.07, 6.45) is 0.836. The Balaban J connectivity index is 1.99. The van der Waals surface area contributed by atoms with Gasteiger partial charge < -0.3 is 26.4 Å². The molecule has 0 radical (unpaired) electrons. The van der Waals surface area contributed by atoms with E-state index in [9.17, 15) is 24.4 Å². The second-order valence-corrected chi connectivity index (χ2v) is 9.23. The summed E-state index contributed by atoms with van der Waals surface area (Å²) in [7, 11) is -1.72. The molecule has 0 heterocycles. The van der Waals surface area contributed by atoms with Gasteiger partial charge >= 0.3 is 7.12 Å². The average Bonchev–Trinajstić information content (AvgIpc) is 2.82. The molecule has 188 valence electrons. The number of hydrogen-bond donors (Lipinski definition) is 5. The van der Waals surface area contributed by atoms with Gasteiger partial charge in [-0.3, -0.25) is 14.4 Å². The summed E-state index contributed by atoms with van der Waals surface area (Å²) in [5, 5.41) is 24.7. The molecule has 8 nitrogen and oxygen atoms in total. The molecule has 2 rings (SSSR count). The van der Waals surface area contributed by atoms with Crippen molar-refractivity contribution in [3.8, 4) is 0 Å². The Morgan fingerprint density at radius 2 is 1.40 bits per heavy atom. The molecular weight excluding hydrogens is 445 g/mol. The van der Waals surface area contributed by atoms with Crippen LogP contribution in [0.4, 0.5) is 0 Å². The molecule has 0 fully saturated rings. The largest absolute Gasteiger partial charge is 0.475 e. The predicted octanol–water partition coefficient (Wildman–Crippen LogP) is 1.18. The van der Waals surface area contributed by atoms with Gasteiger partial charge in [0.2, 0.25) is 11.8 Å². The normalized spacial score (nSPS) is 13.5. The van der Waals surface area contributed by atoms with Crippen molar-refractivity contribution < 1.29 is 24.4 Å². The molecule has 0 aliphatic carbocycles. The fourth-order valence-corrected chi connectivity index (χ4v) is 3.78. The zero-order chi connectivity index (χ0) is 25.8. The fourth-order valence-electron chi connectivity index (χ4n) is 3.78. The Kier molecular flexibility index (Phi) is 11.6. The lowest BCUT2D eigenvalue weighted by Crippen LogP contribution is -2.55. The molecule has 3 atom stereocenters. The van der Waals surface area contributed by atoms with Gasteiger partial charge in [-0.05, 0) is 29.9 Å². The highest BCUT2D eigenvalue weighted by Crippen LogP contribution is 2.09. The fraction of sp³-hybridized carbons (Fsp3) is 0.423. The molecule has 2 aromatic carbocycles. The molecule has 0 aromatic heterocycles. The van der Waals surface area contributed by atoms with Crippen LogP contribution in [0, 0.1) is 5.92 Å². The highest BCUT2D eigenvalue weighted by Gasteiger charge is 2.30. The second kappa shape index (κ2) is 14.4. The summed E-state index contributed by atoms with van der Waals surface area (Å²) in [5.74, 6) is -1.95. The lowest BCUT2D eigenvalue weighted by atomic mass is 9.75. The summed E-state index contributed by atoms with van der Waals surface area (Å²) in [6, 6.07) is 17.0. The van der Waals surface area contributed by atoms with Gasteiger partial charge in [-0.25, -0.2) is 0 Å². The maximum Gasteiger partial charge on any atom is 0.475 e. The molecule has 0 aliphatic rings. The first-order valence-electron chi connectivity index (χ1n) is 12.0. The smallest absolute Gasteiger partial charge is 0.426 e. The number of nitrogens with two attached hydrogens (primary N) is 1. The number of carbonyl (C=O) groups excluding carboxylic acids is 3. The van der Waals surface area contributed by atoms with Crippen LogP contribution in [0.5, 0.6) is 0 Å². The van der Waals surface area contributed by atoms with Crippen molar-refractivity contribution in [2.75, 3.05) is 0 Å². The van der Waals surface area contributed by atoms with E-state index in [0.717, 1.165) is 11.1 Å². The van der Waals surface area contributed by atoms with Crippen LogP contribution in [0.1, 0.15) is 44.2 Å². The summed E-state index contributed by atoms with van der Waals surface area (Å²) >= 11 is 0. The van der Waals surface area contributed by atoms with Gasteiger partial charge in [-0.1, -0.05) is 74.5 Å². The molecule has 2 aromatic rings. The van der Waals surface area contributed by atoms with Crippen LogP contribution in [0.2, 0.25) is 0 Å². The van der Waals surface area contributed by atoms with Crippen molar-refractivity contribution in [1.82, 2.24) is 10.6 Å². The van der Waals surface area contributed by atoms with E-state index in [1.165, 1.54) is 0 Å². The van der Waals surface area contributed by atoms with Crippen molar-refractivity contribution in [1.29, 1.82) is 0 Å². The summed E-state index contributed by atoms with van der Waals surface area (Å²) in [6.45, 7) is 3.81. The van der Waals surface area contributed by atoms with Crippen molar-refractivity contribution in [3.05, 3.63) is 71.8 Å². The molecule has 2 amide bonds. The third-order valence-corrected chi connectivity index (χ3v) is 5.66. The maximum absolute atomic E-state index is 13.0. The number of ketones is 1. The molecule has 0 aliphatic heterocycles. The minimum absolute atomic E-state index is 0.0369. The van der Waals surface area contributed by atoms with Crippen LogP contribution in [0.15, 0.2) is 60.7 Å². The number of carbonyl (C=O) groups is 3. The predicted molar refractivity (Wildman–Crippen MR) is 136 cm³/mol. The molecule has 0 saturated carbocycles. The van der Waals surface area contributed by atoms with Crippen LogP contribution >= 0.6 is 0 Å².